The van der Waals surface area contributed by atoms with Crippen LogP contribution >= 0.6 is 0 Å². The van der Waals surface area contributed by atoms with Crippen LogP contribution in [0.5, 0.6) is 0 Å². The second-order valence-electron chi connectivity index (χ2n) is 4.56. The van der Waals surface area contributed by atoms with Gasteiger partial charge in [0.1, 0.15) is 6.04 Å². The molecule has 0 spiro atoms. The Labute approximate surface area is 96.4 Å². The first-order valence-electron chi connectivity index (χ1n) is 6.15. The van der Waals surface area contributed by atoms with Crippen LogP contribution < -0.4 is 5.32 Å². The predicted molar refractivity (Wildman–Crippen MR) is 61.0 cm³/mol. The first-order chi connectivity index (χ1) is 7.63. The highest BCUT2D eigenvalue weighted by Gasteiger charge is 2.19. The molecule has 0 aromatic heterocycles. The molecule has 1 amide bonds. The van der Waals surface area contributed by atoms with Crippen molar-refractivity contribution in [3.8, 4) is 0 Å². The Balaban J connectivity index is 2.21. The molecule has 1 rings (SSSR count). The van der Waals surface area contributed by atoms with Crippen molar-refractivity contribution in [3.05, 3.63) is 0 Å². The summed E-state index contributed by atoms with van der Waals surface area (Å²) in [5, 5.41) is 11.3. The number of carbonyl (C=O) groups is 2. The minimum atomic E-state index is -0.947. The average Bonchev–Trinajstić information content (AvgIpc) is 2.75. The summed E-state index contributed by atoms with van der Waals surface area (Å²) in [6, 6.07) is -0.726. The van der Waals surface area contributed by atoms with Gasteiger partial charge in [0.25, 0.3) is 0 Å². The molecule has 0 unspecified atom stereocenters. The first kappa shape index (κ1) is 13.0. The van der Waals surface area contributed by atoms with Crippen molar-refractivity contribution in [3.63, 3.8) is 0 Å². The van der Waals surface area contributed by atoms with E-state index in [2.05, 4.69) is 5.32 Å². The van der Waals surface area contributed by atoms with Crippen LogP contribution in [0.2, 0.25) is 0 Å². The Bertz CT molecular complexity index is 247. The number of amides is 1. The standard InChI is InChI=1S/C12H21NO3/c1-2-10(12(15)16)13-11(14)8-7-9-5-3-4-6-9/h9-10H,2-8H2,1H3,(H,13,14)(H,15,16)/t10-/m0/s1. The third kappa shape index (κ3) is 4.21. The molecule has 1 aliphatic carbocycles. The van der Waals surface area contributed by atoms with Gasteiger partial charge in [0.2, 0.25) is 5.91 Å². The molecule has 1 aliphatic rings. The van der Waals surface area contributed by atoms with Crippen molar-refractivity contribution in [2.24, 2.45) is 5.92 Å². The number of rotatable bonds is 6. The molecule has 0 saturated heterocycles. The van der Waals surface area contributed by atoms with E-state index in [4.69, 9.17) is 5.11 Å². The molecule has 4 nitrogen and oxygen atoms in total. The smallest absolute Gasteiger partial charge is 0.326 e. The van der Waals surface area contributed by atoms with E-state index in [-0.39, 0.29) is 5.91 Å². The molecule has 0 radical (unpaired) electrons. The summed E-state index contributed by atoms with van der Waals surface area (Å²) in [6.07, 6.45) is 6.81. The molecule has 0 aliphatic heterocycles. The maximum Gasteiger partial charge on any atom is 0.326 e. The Morgan fingerprint density at radius 3 is 2.50 bits per heavy atom. The van der Waals surface area contributed by atoms with Crippen molar-refractivity contribution >= 4 is 11.9 Å². The van der Waals surface area contributed by atoms with Gasteiger partial charge in [0.15, 0.2) is 0 Å². The highest BCUT2D eigenvalue weighted by molar-refractivity contribution is 5.83. The largest absolute Gasteiger partial charge is 0.480 e. The van der Waals surface area contributed by atoms with Crippen LogP contribution in [-0.4, -0.2) is 23.0 Å². The first-order valence-corrected chi connectivity index (χ1v) is 6.15. The summed E-state index contributed by atoms with van der Waals surface area (Å²) in [4.78, 5) is 22.2. The maximum atomic E-state index is 11.5. The Hall–Kier alpha value is -1.06. The number of hydrogen-bond donors (Lipinski definition) is 2. The molecule has 0 heterocycles. The SMILES string of the molecule is CC[C@H](NC(=O)CCC1CCCC1)C(=O)O. The van der Waals surface area contributed by atoms with E-state index in [1.54, 1.807) is 6.92 Å². The molecule has 1 saturated carbocycles. The topological polar surface area (TPSA) is 66.4 Å². The van der Waals surface area contributed by atoms with Gasteiger partial charge in [0, 0.05) is 6.42 Å². The highest BCUT2D eigenvalue weighted by Crippen LogP contribution is 2.28. The summed E-state index contributed by atoms with van der Waals surface area (Å²) >= 11 is 0. The van der Waals surface area contributed by atoms with Gasteiger partial charge >= 0.3 is 5.97 Å². The molecule has 1 atom stereocenters. The molecular formula is C12H21NO3. The van der Waals surface area contributed by atoms with Crippen molar-refractivity contribution in [2.45, 2.75) is 57.9 Å². The lowest BCUT2D eigenvalue weighted by molar-refractivity contribution is -0.141. The van der Waals surface area contributed by atoms with Gasteiger partial charge < -0.3 is 10.4 Å². The third-order valence-corrected chi connectivity index (χ3v) is 3.30. The van der Waals surface area contributed by atoms with Crippen LogP contribution in [0.25, 0.3) is 0 Å². The van der Waals surface area contributed by atoms with E-state index in [1.165, 1.54) is 25.7 Å². The molecule has 0 aromatic rings. The zero-order valence-electron chi connectivity index (χ0n) is 9.87. The van der Waals surface area contributed by atoms with Crippen molar-refractivity contribution in [1.29, 1.82) is 0 Å². The lowest BCUT2D eigenvalue weighted by atomic mass is 10.0. The van der Waals surface area contributed by atoms with Crippen LogP contribution in [0.15, 0.2) is 0 Å². The van der Waals surface area contributed by atoms with Crippen LogP contribution in [0.1, 0.15) is 51.9 Å². The van der Waals surface area contributed by atoms with Gasteiger partial charge in [-0.3, -0.25) is 4.79 Å². The number of carbonyl (C=O) groups excluding carboxylic acids is 1. The molecule has 2 N–H and O–H groups in total. The van der Waals surface area contributed by atoms with Crippen molar-refractivity contribution in [2.75, 3.05) is 0 Å². The van der Waals surface area contributed by atoms with E-state index in [9.17, 15) is 9.59 Å². The van der Waals surface area contributed by atoms with Crippen LogP contribution in [0, 0.1) is 5.92 Å². The number of hydrogen-bond acceptors (Lipinski definition) is 2. The van der Waals surface area contributed by atoms with E-state index in [0.29, 0.717) is 18.8 Å². The number of carboxylic acids is 1. The summed E-state index contributed by atoms with van der Waals surface area (Å²) in [7, 11) is 0. The summed E-state index contributed by atoms with van der Waals surface area (Å²) in [5.41, 5.74) is 0. The fourth-order valence-corrected chi connectivity index (χ4v) is 2.24. The van der Waals surface area contributed by atoms with Gasteiger partial charge in [-0.25, -0.2) is 4.79 Å². The lowest BCUT2D eigenvalue weighted by Crippen LogP contribution is -2.40. The van der Waals surface area contributed by atoms with Crippen LogP contribution in [0.4, 0.5) is 0 Å². The fraction of sp³-hybridized carbons (Fsp3) is 0.833. The van der Waals surface area contributed by atoms with Gasteiger partial charge in [-0.1, -0.05) is 32.6 Å². The summed E-state index contributed by atoms with van der Waals surface area (Å²) in [6.45, 7) is 1.76. The van der Waals surface area contributed by atoms with Crippen molar-refractivity contribution in [1.82, 2.24) is 5.32 Å². The average molecular weight is 227 g/mol. The van der Waals surface area contributed by atoms with Gasteiger partial charge in [-0.2, -0.15) is 0 Å². The van der Waals surface area contributed by atoms with E-state index in [0.717, 1.165) is 6.42 Å². The molecule has 16 heavy (non-hydrogen) atoms. The fourth-order valence-electron chi connectivity index (χ4n) is 2.24. The molecule has 1 fully saturated rings. The Morgan fingerprint density at radius 2 is 2.00 bits per heavy atom. The van der Waals surface area contributed by atoms with Crippen molar-refractivity contribution < 1.29 is 14.7 Å². The Kier molecular flexibility index (Phi) is 5.29. The van der Waals surface area contributed by atoms with Gasteiger partial charge in [-0.15, -0.1) is 0 Å². The van der Waals surface area contributed by atoms with E-state index in [1.807, 2.05) is 0 Å². The predicted octanol–water partition coefficient (Wildman–Crippen LogP) is 1.94. The minimum Gasteiger partial charge on any atom is -0.480 e. The monoisotopic (exact) mass is 227 g/mol. The molecular weight excluding hydrogens is 206 g/mol. The van der Waals surface area contributed by atoms with E-state index >= 15 is 0 Å². The Morgan fingerprint density at radius 1 is 1.38 bits per heavy atom. The number of nitrogens with one attached hydrogen (secondary N) is 1. The second-order valence-corrected chi connectivity index (χ2v) is 4.56. The lowest BCUT2D eigenvalue weighted by Gasteiger charge is -2.13. The maximum absolute atomic E-state index is 11.5. The number of carboxylic acid groups (broad SMARTS) is 1. The third-order valence-electron chi connectivity index (χ3n) is 3.30. The zero-order valence-corrected chi connectivity index (χ0v) is 9.87. The number of aliphatic carboxylic acids is 1. The molecule has 0 bridgehead atoms. The summed E-state index contributed by atoms with van der Waals surface area (Å²) in [5.74, 6) is -0.395. The van der Waals surface area contributed by atoms with Crippen LogP contribution in [-0.2, 0) is 9.59 Å². The van der Waals surface area contributed by atoms with Crippen LogP contribution in [0.3, 0.4) is 0 Å². The van der Waals surface area contributed by atoms with Gasteiger partial charge in [-0.05, 0) is 18.8 Å². The highest BCUT2D eigenvalue weighted by atomic mass is 16.4. The van der Waals surface area contributed by atoms with E-state index < -0.39 is 12.0 Å². The molecule has 4 heteroatoms. The molecule has 0 aromatic carbocycles. The summed E-state index contributed by atoms with van der Waals surface area (Å²) < 4.78 is 0. The van der Waals surface area contributed by atoms with Gasteiger partial charge in [0.05, 0.1) is 0 Å². The zero-order chi connectivity index (χ0) is 12.0. The molecule has 92 valence electrons. The quantitative estimate of drug-likeness (QED) is 0.728. The normalized spacial score (nSPS) is 18.3. The minimum absolute atomic E-state index is 0.124. The second kappa shape index (κ2) is 6.51.